The van der Waals surface area contributed by atoms with Crippen LogP contribution in [-0.4, -0.2) is 63.8 Å². The molecule has 152 valence electrons. The van der Waals surface area contributed by atoms with Gasteiger partial charge in [0, 0.05) is 10.6 Å². The first-order valence-electron chi connectivity index (χ1n) is 10.0. The van der Waals surface area contributed by atoms with E-state index in [1.807, 2.05) is 12.1 Å². The molecule has 1 aliphatic rings. The molecule has 1 aliphatic heterocycles. The van der Waals surface area contributed by atoms with Crippen LogP contribution in [0.4, 0.5) is 0 Å². The van der Waals surface area contributed by atoms with Crippen molar-refractivity contribution >= 4 is 11.6 Å². The molecule has 1 fully saturated rings. The van der Waals surface area contributed by atoms with E-state index < -0.39 is 6.10 Å². The van der Waals surface area contributed by atoms with Crippen molar-refractivity contribution in [3.63, 3.8) is 0 Å². The van der Waals surface area contributed by atoms with E-state index in [-0.39, 0.29) is 0 Å². The van der Waals surface area contributed by atoms with Gasteiger partial charge < -0.3 is 24.4 Å². The van der Waals surface area contributed by atoms with Gasteiger partial charge in [0.25, 0.3) is 0 Å². The second-order valence-corrected chi connectivity index (χ2v) is 7.83. The monoisotopic (exact) mass is 406 g/mol. The Balaban J connectivity index is 1.24. The Kier molecular flexibility index (Phi) is 8.58. The van der Waals surface area contributed by atoms with E-state index in [4.69, 9.17) is 21.1 Å². The third-order valence-corrected chi connectivity index (χ3v) is 5.36. The summed E-state index contributed by atoms with van der Waals surface area (Å²) < 4.78 is 11.1. The van der Waals surface area contributed by atoms with Gasteiger partial charge in [-0.05, 0) is 24.3 Å². The van der Waals surface area contributed by atoms with Crippen LogP contribution in [0, 0.1) is 0 Å². The maximum atomic E-state index is 10.2. The van der Waals surface area contributed by atoms with Gasteiger partial charge in [-0.2, -0.15) is 0 Å². The van der Waals surface area contributed by atoms with Crippen LogP contribution < -0.4 is 14.5 Å². The molecule has 0 saturated carbocycles. The van der Waals surface area contributed by atoms with E-state index in [9.17, 15) is 5.11 Å². The molecule has 0 amide bonds. The van der Waals surface area contributed by atoms with Gasteiger partial charge in [0.2, 0.25) is 0 Å². The summed E-state index contributed by atoms with van der Waals surface area (Å²) >= 11 is 5.84. The molecule has 0 aliphatic carbocycles. The highest BCUT2D eigenvalue weighted by Gasteiger charge is 2.24. The highest BCUT2D eigenvalue weighted by Crippen LogP contribution is 2.15. The second kappa shape index (κ2) is 11.4. The highest BCUT2D eigenvalue weighted by molar-refractivity contribution is 6.30. The fourth-order valence-corrected chi connectivity index (χ4v) is 3.71. The standard InChI is InChI=1S/C22H29ClN2O3/c23-20-6-8-22(9-7-20)28-15-14-27-18-21(26)17-25-12-10-24(11-13-25)16-19-4-2-1-3-5-19/h1-9,21,26H,10-18H2/p+2/t21-/m1/s1. The fourth-order valence-electron chi connectivity index (χ4n) is 3.58. The van der Waals surface area contributed by atoms with Crippen LogP contribution in [-0.2, 0) is 11.3 Å². The van der Waals surface area contributed by atoms with E-state index in [1.54, 1.807) is 17.0 Å². The third kappa shape index (κ3) is 7.41. The normalized spacial score (nSPS) is 20.6. The van der Waals surface area contributed by atoms with E-state index >= 15 is 0 Å². The summed E-state index contributed by atoms with van der Waals surface area (Å²) in [5.74, 6) is 0.772. The molecule has 1 saturated heterocycles. The summed E-state index contributed by atoms with van der Waals surface area (Å²) in [7, 11) is 0. The number of hydrogen-bond acceptors (Lipinski definition) is 3. The maximum Gasteiger partial charge on any atom is 0.127 e. The topological polar surface area (TPSA) is 47.6 Å². The maximum absolute atomic E-state index is 10.2. The van der Waals surface area contributed by atoms with Gasteiger partial charge in [-0.15, -0.1) is 0 Å². The molecular weight excluding hydrogens is 376 g/mol. The van der Waals surface area contributed by atoms with Gasteiger partial charge >= 0.3 is 0 Å². The highest BCUT2D eigenvalue weighted by atomic mass is 35.5. The molecule has 5 nitrogen and oxygen atoms in total. The van der Waals surface area contributed by atoms with E-state index in [0.717, 1.165) is 45.0 Å². The van der Waals surface area contributed by atoms with Crippen molar-refractivity contribution in [2.24, 2.45) is 0 Å². The minimum absolute atomic E-state index is 0.355. The van der Waals surface area contributed by atoms with Crippen LogP contribution >= 0.6 is 11.6 Å². The van der Waals surface area contributed by atoms with Crippen molar-refractivity contribution in [2.75, 3.05) is 52.5 Å². The molecule has 0 unspecified atom stereocenters. The zero-order valence-corrected chi connectivity index (χ0v) is 17.0. The van der Waals surface area contributed by atoms with Gasteiger partial charge in [-0.1, -0.05) is 41.9 Å². The molecule has 2 aromatic carbocycles. The predicted molar refractivity (Wildman–Crippen MR) is 110 cm³/mol. The number of quaternary nitrogens is 2. The molecule has 0 bridgehead atoms. The first kappa shape index (κ1) is 21.1. The molecule has 1 heterocycles. The lowest BCUT2D eigenvalue weighted by atomic mass is 10.2. The Morgan fingerprint density at radius 3 is 2.29 bits per heavy atom. The van der Waals surface area contributed by atoms with Crippen LogP contribution in [0.2, 0.25) is 5.02 Å². The molecule has 3 N–H and O–H groups in total. The molecular formula is C22H31ClN2O3+2. The van der Waals surface area contributed by atoms with Crippen molar-refractivity contribution in [3.8, 4) is 5.75 Å². The van der Waals surface area contributed by atoms with Crippen molar-refractivity contribution in [1.82, 2.24) is 0 Å². The summed E-state index contributed by atoms with van der Waals surface area (Å²) in [5, 5.41) is 10.9. The number of rotatable bonds is 10. The van der Waals surface area contributed by atoms with Crippen LogP contribution in [0.5, 0.6) is 5.75 Å². The van der Waals surface area contributed by atoms with E-state index in [2.05, 4.69) is 30.3 Å². The summed E-state index contributed by atoms with van der Waals surface area (Å²) in [6.07, 6.45) is -0.429. The zero-order valence-electron chi connectivity index (χ0n) is 16.3. The molecule has 0 radical (unpaired) electrons. The molecule has 0 aromatic heterocycles. The van der Waals surface area contributed by atoms with Crippen LogP contribution in [0.15, 0.2) is 54.6 Å². The number of halogens is 1. The molecule has 0 spiro atoms. The van der Waals surface area contributed by atoms with Gasteiger partial charge in [-0.25, -0.2) is 0 Å². The SMILES string of the molecule is O[C@@H](COCCOc1ccc(Cl)cc1)C[NH+]1CC[NH+](Cc2ccccc2)CC1. The average Bonchev–Trinajstić information content (AvgIpc) is 2.71. The summed E-state index contributed by atoms with van der Waals surface area (Å²) in [6, 6.07) is 17.9. The average molecular weight is 407 g/mol. The van der Waals surface area contributed by atoms with E-state index in [0.29, 0.717) is 24.8 Å². The van der Waals surface area contributed by atoms with Crippen molar-refractivity contribution in [1.29, 1.82) is 0 Å². The summed E-state index contributed by atoms with van der Waals surface area (Å²) in [6.45, 7) is 7.60. The summed E-state index contributed by atoms with van der Waals surface area (Å²) in [4.78, 5) is 3.09. The van der Waals surface area contributed by atoms with Crippen molar-refractivity contribution in [3.05, 3.63) is 65.2 Å². The van der Waals surface area contributed by atoms with Crippen molar-refractivity contribution in [2.45, 2.75) is 12.6 Å². The summed E-state index contributed by atoms with van der Waals surface area (Å²) in [5.41, 5.74) is 1.40. The number of piperazine rings is 1. The largest absolute Gasteiger partial charge is 0.491 e. The fraction of sp³-hybridized carbons (Fsp3) is 0.455. The third-order valence-electron chi connectivity index (χ3n) is 5.11. The Labute approximate surface area is 172 Å². The zero-order chi connectivity index (χ0) is 19.6. The number of aliphatic hydroxyl groups is 1. The van der Waals surface area contributed by atoms with Crippen LogP contribution in [0.25, 0.3) is 0 Å². The Bertz CT molecular complexity index is 676. The van der Waals surface area contributed by atoms with Crippen LogP contribution in [0.1, 0.15) is 5.56 Å². The molecule has 3 rings (SSSR count). The predicted octanol–water partition coefficient (Wildman–Crippen LogP) is 0.0799. The smallest absolute Gasteiger partial charge is 0.127 e. The van der Waals surface area contributed by atoms with Gasteiger partial charge in [0.1, 0.15) is 57.7 Å². The Morgan fingerprint density at radius 1 is 0.893 bits per heavy atom. The quantitative estimate of drug-likeness (QED) is 0.490. The lowest BCUT2D eigenvalue weighted by molar-refractivity contribution is -1.02. The number of nitrogens with one attached hydrogen (secondary N) is 2. The lowest BCUT2D eigenvalue weighted by Crippen LogP contribution is -3.28. The Hall–Kier alpha value is -1.63. The van der Waals surface area contributed by atoms with Gasteiger partial charge in [-0.3, -0.25) is 0 Å². The minimum atomic E-state index is -0.429. The number of aliphatic hydroxyl groups excluding tert-OH is 1. The lowest BCUT2D eigenvalue weighted by Gasteiger charge is -2.30. The van der Waals surface area contributed by atoms with Gasteiger partial charge in [0.15, 0.2) is 0 Å². The van der Waals surface area contributed by atoms with E-state index in [1.165, 1.54) is 10.5 Å². The first-order chi connectivity index (χ1) is 13.7. The Morgan fingerprint density at radius 2 is 1.57 bits per heavy atom. The molecule has 28 heavy (non-hydrogen) atoms. The molecule has 1 atom stereocenters. The molecule has 2 aromatic rings. The number of ether oxygens (including phenoxy) is 2. The number of hydrogen-bond donors (Lipinski definition) is 3. The second-order valence-electron chi connectivity index (χ2n) is 7.40. The molecule has 6 heteroatoms. The van der Waals surface area contributed by atoms with Crippen molar-refractivity contribution < 1.29 is 24.4 Å². The number of benzene rings is 2. The minimum Gasteiger partial charge on any atom is -0.491 e. The first-order valence-corrected chi connectivity index (χ1v) is 10.4. The van der Waals surface area contributed by atoms with Gasteiger partial charge in [0.05, 0.1) is 13.2 Å². The van der Waals surface area contributed by atoms with Crippen LogP contribution in [0.3, 0.4) is 0 Å².